The third-order valence-corrected chi connectivity index (χ3v) is 6.34. The van der Waals surface area contributed by atoms with Crippen molar-refractivity contribution in [2.45, 2.75) is 45.2 Å². The Morgan fingerprint density at radius 3 is 2.53 bits per heavy atom. The zero-order chi connectivity index (χ0) is 21.1. The average molecular weight is 399 g/mol. The molecule has 1 unspecified atom stereocenters. The number of allylic oxidation sites excluding steroid dienone is 2. The molecule has 1 aliphatic rings. The van der Waals surface area contributed by atoms with Crippen molar-refractivity contribution in [2.75, 3.05) is 6.54 Å². The van der Waals surface area contributed by atoms with Crippen LogP contribution in [-0.4, -0.2) is 21.9 Å². The molecule has 3 aromatic rings. The summed E-state index contributed by atoms with van der Waals surface area (Å²) >= 11 is 0. The number of aromatic nitrogens is 1. The Kier molecular flexibility index (Phi) is 5.63. The van der Waals surface area contributed by atoms with E-state index in [2.05, 4.69) is 60.5 Å². The van der Waals surface area contributed by atoms with Gasteiger partial charge in [-0.15, -0.1) is 6.58 Å². The van der Waals surface area contributed by atoms with E-state index in [0.717, 1.165) is 25.1 Å². The largest absolute Gasteiger partial charge is 0.339 e. The van der Waals surface area contributed by atoms with Crippen LogP contribution in [0.4, 0.5) is 0 Å². The number of carbonyl (C=O) groups excluding carboxylic acids is 1. The van der Waals surface area contributed by atoms with Crippen LogP contribution in [0.1, 0.15) is 37.1 Å². The van der Waals surface area contributed by atoms with E-state index in [1.54, 1.807) is 0 Å². The van der Waals surface area contributed by atoms with Gasteiger partial charge in [0.2, 0.25) is 5.91 Å². The van der Waals surface area contributed by atoms with Crippen LogP contribution in [0.3, 0.4) is 0 Å². The number of rotatable bonds is 6. The second-order valence-corrected chi connectivity index (χ2v) is 8.03. The molecule has 2 heterocycles. The number of hydrogen-bond donors (Lipinski definition) is 0. The summed E-state index contributed by atoms with van der Waals surface area (Å²) in [6, 6.07) is 18.8. The van der Waals surface area contributed by atoms with Gasteiger partial charge in [0.15, 0.2) is 0 Å². The van der Waals surface area contributed by atoms with E-state index in [1.807, 2.05) is 42.2 Å². The van der Waals surface area contributed by atoms with Gasteiger partial charge in [-0.05, 0) is 37.0 Å². The maximum absolute atomic E-state index is 14.1. The molecule has 0 saturated heterocycles. The van der Waals surface area contributed by atoms with Crippen molar-refractivity contribution in [3.8, 4) is 0 Å². The minimum Gasteiger partial charge on any atom is -0.339 e. The molecule has 0 fully saturated rings. The number of carbonyl (C=O) groups is 1. The second-order valence-electron chi connectivity index (χ2n) is 8.03. The Morgan fingerprint density at radius 1 is 1.10 bits per heavy atom. The molecule has 30 heavy (non-hydrogen) atoms. The molecule has 0 N–H and O–H groups in total. The summed E-state index contributed by atoms with van der Waals surface area (Å²) in [6.07, 6.45) is 7.67. The Bertz CT molecular complexity index is 1090. The first-order valence-electron chi connectivity index (χ1n) is 10.8. The molecule has 1 amide bonds. The van der Waals surface area contributed by atoms with Gasteiger partial charge in [-0.25, -0.2) is 0 Å². The number of amides is 1. The van der Waals surface area contributed by atoms with Crippen LogP contribution in [0.5, 0.6) is 0 Å². The highest BCUT2D eigenvalue weighted by Gasteiger charge is 2.45. The quantitative estimate of drug-likeness (QED) is 0.494. The standard InChI is InChI=1S/C27H30N2O/c1-4-17-27(6-3)25-23(22-14-10-11-15-24(22)29(25)18-5-2)16-19-28(26(27)30)20-21-12-8-7-9-13-21/h4-5,7-15,17H,2,6,16,18-20H2,1,3H3/b17-4+. The lowest BCUT2D eigenvalue weighted by Gasteiger charge is -2.34. The highest BCUT2D eigenvalue weighted by Crippen LogP contribution is 2.42. The molecule has 1 aliphatic heterocycles. The lowest BCUT2D eigenvalue weighted by atomic mass is 9.78. The van der Waals surface area contributed by atoms with Crippen LogP contribution < -0.4 is 0 Å². The van der Waals surface area contributed by atoms with Crippen molar-refractivity contribution in [1.82, 2.24) is 9.47 Å². The number of hydrogen-bond acceptors (Lipinski definition) is 1. The minimum atomic E-state index is -0.669. The molecule has 1 atom stereocenters. The van der Waals surface area contributed by atoms with E-state index in [9.17, 15) is 4.79 Å². The van der Waals surface area contributed by atoms with Crippen molar-refractivity contribution in [1.29, 1.82) is 0 Å². The number of benzene rings is 2. The summed E-state index contributed by atoms with van der Waals surface area (Å²) in [5, 5.41) is 1.26. The average Bonchev–Trinajstić information content (AvgIpc) is 3.03. The molecule has 0 spiro atoms. The molecule has 154 valence electrons. The van der Waals surface area contributed by atoms with Crippen molar-refractivity contribution in [2.24, 2.45) is 0 Å². The molecule has 0 radical (unpaired) electrons. The molecule has 3 heteroatoms. The van der Waals surface area contributed by atoms with Crippen molar-refractivity contribution in [3.05, 3.63) is 96.2 Å². The number of fused-ring (bicyclic) bond motifs is 3. The van der Waals surface area contributed by atoms with E-state index in [-0.39, 0.29) is 5.91 Å². The highest BCUT2D eigenvalue weighted by molar-refractivity contribution is 5.96. The summed E-state index contributed by atoms with van der Waals surface area (Å²) < 4.78 is 2.31. The summed E-state index contributed by atoms with van der Waals surface area (Å²) in [5.41, 5.74) is 4.13. The van der Waals surface area contributed by atoms with Crippen LogP contribution in [0.25, 0.3) is 10.9 Å². The zero-order valence-corrected chi connectivity index (χ0v) is 18.0. The normalized spacial score (nSPS) is 19.3. The van der Waals surface area contributed by atoms with Crippen LogP contribution in [0.15, 0.2) is 79.4 Å². The van der Waals surface area contributed by atoms with Crippen LogP contribution in [-0.2, 0) is 29.7 Å². The van der Waals surface area contributed by atoms with Gasteiger partial charge in [0.25, 0.3) is 0 Å². The summed E-state index contributed by atoms with van der Waals surface area (Å²) in [4.78, 5) is 16.2. The van der Waals surface area contributed by atoms with E-state index in [1.165, 1.54) is 22.0 Å². The maximum Gasteiger partial charge on any atom is 0.238 e. The van der Waals surface area contributed by atoms with Crippen LogP contribution in [0.2, 0.25) is 0 Å². The van der Waals surface area contributed by atoms with Gasteiger partial charge in [0, 0.05) is 36.2 Å². The predicted molar refractivity (Wildman–Crippen MR) is 124 cm³/mol. The lowest BCUT2D eigenvalue weighted by molar-refractivity contribution is -0.136. The molecule has 4 rings (SSSR count). The number of para-hydroxylation sites is 1. The molecule has 0 saturated carbocycles. The Hall–Kier alpha value is -3.07. The molecule has 1 aromatic heterocycles. The first-order valence-corrected chi connectivity index (χ1v) is 10.8. The maximum atomic E-state index is 14.1. The monoisotopic (exact) mass is 398 g/mol. The van der Waals surface area contributed by atoms with Gasteiger partial charge in [-0.1, -0.05) is 73.7 Å². The van der Waals surface area contributed by atoms with Gasteiger partial charge in [-0.3, -0.25) is 4.79 Å². The van der Waals surface area contributed by atoms with Crippen molar-refractivity contribution >= 4 is 16.8 Å². The fraction of sp³-hybridized carbons (Fsp3) is 0.296. The van der Waals surface area contributed by atoms with E-state index in [4.69, 9.17) is 0 Å². The molecule has 2 aromatic carbocycles. The Labute approximate surface area is 179 Å². The highest BCUT2D eigenvalue weighted by atomic mass is 16.2. The van der Waals surface area contributed by atoms with Gasteiger partial charge in [0.05, 0.1) is 0 Å². The number of nitrogens with zero attached hydrogens (tertiary/aromatic N) is 2. The molecular weight excluding hydrogens is 368 g/mol. The van der Waals surface area contributed by atoms with Gasteiger partial charge in [-0.2, -0.15) is 0 Å². The summed E-state index contributed by atoms with van der Waals surface area (Å²) in [5.74, 6) is 0.193. The zero-order valence-electron chi connectivity index (χ0n) is 18.0. The van der Waals surface area contributed by atoms with Crippen LogP contribution in [0, 0.1) is 0 Å². The first-order chi connectivity index (χ1) is 14.7. The van der Waals surface area contributed by atoms with Gasteiger partial charge in [0.1, 0.15) is 5.41 Å². The van der Waals surface area contributed by atoms with E-state index >= 15 is 0 Å². The summed E-state index contributed by atoms with van der Waals surface area (Å²) in [7, 11) is 0. The van der Waals surface area contributed by atoms with E-state index in [0.29, 0.717) is 13.1 Å². The smallest absolute Gasteiger partial charge is 0.238 e. The van der Waals surface area contributed by atoms with E-state index < -0.39 is 5.41 Å². The van der Waals surface area contributed by atoms with Gasteiger partial charge < -0.3 is 9.47 Å². The fourth-order valence-electron chi connectivity index (χ4n) is 5.01. The lowest BCUT2D eigenvalue weighted by Crippen LogP contribution is -2.45. The third-order valence-electron chi connectivity index (χ3n) is 6.34. The van der Waals surface area contributed by atoms with Crippen LogP contribution >= 0.6 is 0 Å². The third kappa shape index (κ3) is 3.19. The Balaban J connectivity index is 1.93. The topological polar surface area (TPSA) is 25.2 Å². The van der Waals surface area contributed by atoms with Gasteiger partial charge >= 0.3 is 0 Å². The molecule has 0 aliphatic carbocycles. The Morgan fingerprint density at radius 2 is 1.83 bits per heavy atom. The predicted octanol–water partition coefficient (Wildman–Crippen LogP) is 5.64. The summed E-state index contributed by atoms with van der Waals surface area (Å²) in [6.45, 7) is 10.2. The molecule has 0 bridgehead atoms. The minimum absolute atomic E-state index is 0.193. The SMILES string of the molecule is C=CCn1c2c(c3ccccc31)CCN(Cc1ccccc1)C(=O)C2(/C=C/C)CC. The van der Waals surface area contributed by atoms with Crippen molar-refractivity contribution < 1.29 is 4.79 Å². The molecule has 3 nitrogen and oxygen atoms in total. The molecular formula is C27H30N2O. The van der Waals surface area contributed by atoms with Crippen molar-refractivity contribution in [3.63, 3.8) is 0 Å². The first kappa shape index (κ1) is 20.2. The second kappa shape index (κ2) is 8.35. The fourth-order valence-corrected chi connectivity index (χ4v) is 5.01.